The molecule has 2 N–H and O–H groups in total. The molecule has 3 fully saturated rings. The third-order valence-corrected chi connectivity index (χ3v) is 11.9. The van der Waals surface area contributed by atoms with Gasteiger partial charge in [0.2, 0.25) is 12.1 Å². The van der Waals surface area contributed by atoms with Crippen LogP contribution in [-0.4, -0.2) is 96.6 Å². The number of hydrogen-bond acceptors (Lipinski definition) is 10. The van der Waals surface area contributed by atoms with Crippen LogP contribution in [0.5, 0.6) is 11.5 Å². The van der Waals surface area contributed by atoms with Crippen molar-refractivity contribution in [2.45, 2.75) is 94.4 Å². The molecule has 3 aliphatic heterocycles. The summed E-state index contributed by atoms with van der Waals surface area (Å²) in [7, 11) is 0. The van der Waals surface area contributed by atoms with Gasteiger partial charge in [-0.15, -0.1) is 6.58 Å². The minimum Gasteiger partial charge on any atom is -0.492 e. The van der Waals surface area contributed by atoms with Crippen LogP contribution in [0.4, 0.5) is 0 Å². The van der Waals surface area contributed by atoms with Crippen molar-refractivity contribution in [1.82, 2.24) is 4.90 Å². The molecule has 266 valence electrons. The zero-order chi connectivity index (χ0) is 33.3. The lowest BCUT2D eigenvalue weighted by Crippen LogP contribution is -2.64. The highest BCUT2D eigenvalue weighted by Gasteiger charge is 2.63. The first-order valence-electron chi connectivity index (χ1n) is 18.4. The maximum Gasteiger partial charge on any atom is 0.230 e. The summed E-state index contributed by atoms with van der Waals surface area (Å²) in [4.78, 5) is 8.53. The summed E-state index contributed by atoms with van der Waals surface area (Å²) in [5.41, 5.74) is 3.27. The van der Waals surface area contributed by atoms with Crippen LogP contribution in [0.15, 0.2) is 47.7 Å². The van der Waals surface area contributed by atoms with Gasteiger partial charge in [-0.2, -0.15) is 11.8 Å². The van der Waals surface area contributed by atoms with Gasteiger partial charge in [0.25, 0.3) is 0 Å². The number of rotatable bonds is 19. The zero-order valence-electron chi connectivity index (χ0n) is 28.7. The van der Waals surface area contributed by atoms with Crippen molar-refractivity contribution in [3.05, 3.63) is 48.1 Å². The number of aliphatic hydroxyl groups is 2. The van der Waals surface area contributed by atoms with Gasteiger partial charge in [-0.3, -0.25) is 4.90 Å². The first kappa shape index (κ1) is 35.7. The molecule has 0 amide bonds. The van der Waals surface area contributed by atoms with E-state index in [4.69, 9.17) is 28.9 Å². The van der Waals surface area contributed by atoms with Gasteiger partial charge in [0, 0.05) is 57.2 Å². The van der Waals surface area contributed by atoms with Crippen LogP contribution in [0, 0.1) is 17.8 Å². The van der Waals surface area contributed by atoms with E-state index < -0.39 is 5.79 Å². The van der Waals surface area contributed by atoms with Crippen molar-refractivity contribution in [1.29, 1.82) is 0 Å². The van der Waals surface area contributed by atoms with Gasteiger partial charge in [-0.1, -0.05) is 37.1 Å². The average Bonchev–Trinajstić information content (AvgIpc) is 3.94. The van der Waals surface area contributed by atoms with E-state index in [2.05, 4.69) is 36.6 Å². The molecule has 7 atom stereocenters. The van der Waals surface area contributed by atoms with Crippen LogP contribution in [0.2, 0.25) is 0 Å². The molecular weight excluding hydrogens is 628 g/mol. The first-order valence-corrected chi connectivity index (χ1v) is 19.5. The van der Waals surface area contributed by atoms with Gasteiger partial charge in [-0.05, 0) is 79.9 Å². The summed E-state index contributed by atoms with van der Waals surface area (Å²) in [5, 5.41) is 24.4. The number of benzene rings is 1. The number of oxime groups is 1. The summed E-state index contributed by atoms with van der Waals surface area (Å²) in [6.45, 7) is 11.5. The molecule has 2 saturated heterocycles. The van der Waals surface area contributed by atoms with E-state index >= 15 is 0 Å². The number of hydrogen-bond donors (Lipinski definition) is 2. The van der Waals surface area contributed by atoms with Crippen molar-refractivity contribution in [3.8, 4) is 11.5 Å². The van der Waals surface area contributed by atoms with Gasteiger partial charge in [0.1, 0.15) is 18.1 Å². The number of allylic oxidation sites excluding steroid dienone is 1. The molecule has 0 spiro atoms. The van der Waals surface area contributed by atoms with Crippen molar-refractivity contribution >= 4 is 17.5 Å². The average molecular weight is 685 g/mol. The van der Waals surface area contributed by atoms with Crippen LogP contribution in [0.25, 0.3) is 0 Å². The summed E-state index contributed by atoms with van der Waals surface area (Å²) >= 11 is 1.86. The molecule has 0 bridgehead atoms. The number of thioether (sulfide) groups is 1. The maximum atomic E-state index is 9.80. The SMILES string of the molecule is C=CCO[C@@]12Oc3ccc(OCCN4CC4)cc3[C@H]3[C@H](CCCCO)[C@@H](CCCCO)C=C(C(=NOC4CCCCO4)C[C@@H]1SCC)[C@H]32. The molecule has 5 aliphatic rings. The minimum absolute atomic E-state index is 0.0255. The summed E-state index contributed by atoms with van der Waals surface area (Å²) < 4.78 is 26.4. The monoisotopic (exact) mass is 684 g/mol. The lowest BCUT2D eigenvalue weighted by molar-refractivity contribution is -0.223. The third-order valence-electron chi connectivity index (χ3n) is 10.6. The van der Waals surface area contributed by atoms with Crippen LogP contribution in [-0.2, 0) is 14.3 Å². The summed E-state index contributed by atoms with van der Waals surface area (Å²) in [6.07, 6.45) is 12.9. The summed E-state index contributed by atoms with van der Waals surface area (Å²) in [5.74, 6) is 2.18. The molecule has 10 heteroatoms. The minimum atomic E-state index is -0.925. The molecular formula is C38H56N2O7S. The Hall–Kier alpha value is -2.08. The van der Waals surface area contributed by atoms with Crippen molar-refractivity contribution in [2.24, 2.45) is 22.9 Å². The van der Waals surface area contributed by atoms with E-state index in [0.717, 1.165) is 112 Å². The van der Waals surface area contributed by atoms with Crippen LogP contribution < -0.4 is 9.47 Å². The second-order valence-electron chi connectivity index (χ2n) is 13.8. The van der Waals surface area contributed by atoms with Crippen LogP contribution in [0.1, 0.15) is 82.6 Å². The van der Waals surface area contributed by atoms with E-state index in [1.807, 2.05) is 23.9 Å². The Bertz CT molecular complexity index is 1270. The number of ether oxygens (including phenoxy) is 4. The predicted molar refractivity (Wildman–Crippen MR) is 190 cm³/mol. The quantitative estimate of drug-likeness (QED) is 0.0753. The third kappa shape index (κ3) is 8.10. The molecule has 0 radical (unpaired) electrons. The van der Waals surface area contributed by atoms with E-state index in [1.165, 1.54) is 0 Å². The second-order valence-corrected chi connectivity index (χ2v) is 15.3. The molecule has 1 aromatic carbocycles. The highest BCUT2D eigenvalue weighted by Crippen LogP contribution is 2.62. The highest BCUT2D eigenvalue weighted by atomic mass is 32.2. The maximum absolute atomic E-state index is 9.80. The van der Waals surface area contributed by atoms with E-state index in [9.17, 15) is 10.2 Å². The number of fused-ring (bicyclic) bond motifs is 2. The van der Waals surface area contributed by atoms with Crippen molar-refractivity contribution in [2.75, 3.05) is 58.4 Å². The van der Waals surface area contributed by atoms with Gasteiger partial charge < -0.3 is 34.0 Å². The lowest BCUT2D eigenvalue weighted by Gasteiger charge is -2.58. The molecule has 3 heterocycles. The Balaban J connectivity index is 1.47. The molecule has 1 saturated carbocycles. The number of unbranched alkanes of at least 4 members (excludes halogenated alkanes) is 2. The predicted octanol–water partition coefficient (Wildman–Crippen LogP) is 6.29. The Kier molecular flexibility index (Phi) is 12.8. The largest absolute Gasteiger partial charge is 0.492 e. The number of nitrogens with zero attached hydrogens (tertiary/aromatic N) is 2. The Morgan fingerprint density at radius 2 is 1.96 bits per heavy atom. The van der Waals surface area contributed by atoms with E-state index in [-0.39, 0.29) is 48.4 Å². The smallest absolute Gasteiger partial charge is 0.230 e. The van der Waals surface area contributed by atoms with Gasteiger partial charge in [-0.25, -0.2) is 0 Å². The van der Waals surface area contributed by atoms with Crippen LogP contribution in [0.3, 0.4) is 0 Å². The van der Waals surface area contributed by atoms with Crippen LogP contribution >= 0.6 is 11.8 Å². The molecule has 9 nitrogen and oxygen atoms in total. The Morgan fingerprint density at radius 3 is 2.69 bits per heavy atom. The second kappa shape index (κ2) is 17.2. The zero-order valence-corrected chi connectivity index (χ0v) is 29.5. The highest BCUT2D eigenvalue weighted by molar-refractivity contribution is 8.00. The fourth-order valence-corrected chi connectivity index (χ4v) is 9.44. The van der Waals surface area contributed by atoms with Gasteiger partial charge in [0.05, 0.1) is 30.1 Å². The topological polar surface area (TPSA) is 102 Å². The van der Waals surface area contributed by atoms with Crippen molar-refractivity contribution < 1.29 is 34.0 Å². The van der Waals surface area contributed by atoms with Gasteiger partial charge >= 0.3 is 0 Å². The van der Waals surface area contributed by atoms with E-state index in [1.54, 1.807) is 0 Å². The first-order chi connectivity index (χ1) is 23.6. The standard InChI is InChI=1S/C38H56N2O7S/c1-3-21-45-38-34(48-4-2)26-32(39-47-35-13-7-10-22-44-35)30-24-27(11-5-8-19-41)29(12-6-9-20-42)36(37(30)38)31-25-28(14-15-33(31)46-38)43-23-18-40-16-17-40/h3,14-15,24-25,27,29,34-37,41-42H,1,4-13,16-23,26H2,2H3/t27-,29+,34-,35?,36+,37+,38+/m0/s1. The molecule has 48 heavy (non-hydrogen) atoms. The fourth-order valence-electron chi connectivity index (χ4n) is 8.27. The Morgan fingerprint density at radius 1 is 1.12 bits per heavy atom. The molecule has 1 unspecified atom stereocenters. The fraction of sp³-hybridized carbons (Fsp3) is 0.711. The molecule has 0 aromatic heterocycles. The normalized spacial score (nSPS) is 31.7. The summed E-state index contributed by atoms with van der Waals surface area (Å²) in [6, 6.07) is 6.34. The lowest BCUT2D eigenvalue weighted by atomic mass is 9.56. The molecule has 2 aliphatic carbocycles. The van der Waals surface area contributed by atoms with Crippen molar-refractivity contribution in [3.63, 3.8) is 0 Å². The molecule has 1 aromatic rings. The number of aliphatic hydroxyl groups excluding tert-OH is 2. The van der Waals surface area contributed by atoms with Gasteiger partial charge in [0.15, 0.2) is 0 Å². The Labute approximate surface area is 291 Å². The van der Waals surface area contributed by atoms with E-state index in [0.29, 0.717) is 26.2 Å². The molecule has 6 rings (SSSR count).